The van der Waals surface area contributed by atoms with Crippen LogP contribution in [-0.2, 0) is 35.2 Å². The molecule has 0 spiro atoms. The molecule has 0 bridgehead atoms. The lowest BCUT2D eigenvalue weighted by atomic mass is 9.95. The zero-order valence-electron chi connectivity index (χ0n) is 24.6. The first-order valence-corrected chi connectivity index (χ1v) is 14.7. The van der Waals surface area contributed by atoms with Gasteiger partial charge in [0.1, 0.15) is 19.2 Å². The zero-order chi connectivity index (χ0) is 29.5. The van der Waals surface area contributed by atoms with Gasteiger partial charge < -0.3 is 29.3 Å². The highest BCUT2D eigenvalue weighted by Crippen LogP contribution is 2.23. The van der Waals surface area contributed by atoms with Crippen LogP contribution in [-0.4, -0.2) is 118 Å². The van der Waals surface area contributed by atoms with Gasteiger partial charge in [0.2, 0.25) is 11.8 Å². The van der Waals surface area contributed by atoms with Crippen LogP contribution in [0.5, 0.6) is 0 Å². The van der Waals surface area contributed by atoms with Gasteiger partial charge in [-0.2, -0.15) is 0 Å². The van der Waals surface area contributed by atoms with Gasteiger partial charge in [-0.05, 0) is 18.4 Å². The lowest BCUT2D eigenvalue weighted by molar-refractivity contribution is -0.140. The highest BCUT2D eigenvalue weighted by Gasteiger charge is 2.29. The van der Waals surface area contributed by atoms with Gasteiger partial charge in [0.15, 0.2) is 5.78 Å². The van der Waals surface area contributed by atoms with Crippen molar-refractivity contribution in [3.63, 3.8) is 0 Å². The Kier molecular flexibility index (Phi) is 14.0. The lowest BCUT2D eigenvalue weighted by Crippen LogP contribution is -2.53. The fraction of sp³-hybridized carbons (Fsp3) is 0.667. The van der Waals surface area contributed by atoms with Gasteiger partial charge in [0.25, 0.3) is 0 Å². The molecule has 11 nitrogen and oxygen atoms in total. The third-order valence-corrected chi connectivity index (χ3v) is 7.55. The molecule has 0 radical (unpaired) electrons. The second-order valence-electron chi connectivity index (χ2n) is 10.9. The number of rotatable bonds is 14. The molecule has 0 unspecified atom stereocenters. The number of ketones is 1. The van der Waals surface area contributed by atoms with Crippen LogP contribution in [0.25, 0.3) is 0 Å². The molecule has 2 fully saturated rings. The summed E-state index contributed by atoms with van der Waals surface area (Å²) in [6.45, 7) is 3.81. The number of nitrogens with one attached hydrogen (secondary N) is 1. The molecule has 1 saturated carbocycles. The van der Waals surface area contributed by atoms with Crippen molar-refractivity contribution in [2.45, 2.75) is 51.2 Å². The van der Waals surface area contributed by atoms with E-state index in [1.165, 1.54) is 11.9 Å². The zero-order valence-corrected chi connectivity index (χ0v) is 24.6. The molecule has 1 aromatic carbocycles. The summed E-state index contributed by atoms with van der Waals surface area (Å²) in [5.41, 5.74) is 0.833. The maximum atomic E-state index is 13.4. The molecule has 3 amide bonds. The number of nitrogens with zero attached hydrogens (tertiary/aromatic N) is 3. The fourth-order valence-corrected chi connectivity index (χ4v) is 5.05. The number of hydrogen-bond acceptors (Lipinski definition) is 8. The number of carbonyl (C=O) groups is 4. The summed E-state index contributed by atoms with van der Waals surface area (Å²) >= 11 is 0. The largest absolute Gasteiger partial charge is 0.445 e. The Morgan fingerprint density at radius 2 is 1.66 bits per heavy atom. The summed E-state index contributed by atoms with van der Waals surface area (Å²) in [4.78, 5) is 56.4. The van der Waals surface area contributed by atoms with E-state index in [1.807, 2.05) is 30.3 Å². The molecule has 1 saturated heterocycles. The second kappa shape index (κ2) is 17.7. The topological polar surface area (TPSA) is 118 Å². The van der Waals surface area contributed by atoms with Crippen LogP contribution in [0.1, 0.15) is 44.1 Å². The predicted molar refractivity (Wildman–Crippen MR) is 153 cm³/mol. The minimum atomic E-state index is -0.993. The number of ether oxygens (including phenoxy) is 3. The van der Waals surface area contributed by atoms with E-state index in [2.05, 4.69) is 10.2 Å². The third-order valence-electron chi connectivity index (χ3n) is 7.55. The van der Waals surface area contributed by atoms with E-state index in [4.69, 9.17) is 14.2 Å². The standard InChI is InChI=1S/C30H46N4O7/c1-32(20-27(35)25-12-8-3-4-9-13-25)29(37)26(23-40-19-16-34-14-17-39-18-15-34)31-28(36)21-33(2)30(38)41-22-24-10-6-5-7-11-24/h5-7,10-11,25-26H,3-4,8-9,12-23H2,1-2H3,(H,31,36)/t26-/m0/s1. The number of likely N-dealkylation sites (N-methyl/N-ethyl adjacent to an activating group) is 2. The third kappa shape index (κ3) is 11.8. The van der Waals surface area contributed by atoms with Gasteiger partial charge in [0, 0.05) is 39.6 Å². The highest BCUT2D eigenvalue weighted by molar-refractivity contribution is 5.92. The van der Waals surface area contributed by atoms with Crippen molar-refractivity contribution >= 4 is 23.7 Å². The van der Waals surface area contributed by atoms with Crippen LogP contribution in [0.2, 0.25) is 0 Å². The molecular weight excluding hydrogens is 528 g/mol. The molecule has 0 aromatic heterocycles. The Bertz CT molecular complexity index is 963. The summed E-state index contributed by atoms with van der Waals surface area (Å²) in [6, 6.07) is 8.26. The number of carbonyl (C=O) groups excluding carboxylic acids is 4. The number of morpholine rings is 1. The minimum Gasteiger partial charge on any atom is -0.445 e. The quantitative estimate of drug-likeness (QED) is 0.265. The van der Waals surface area contributed by atoms with Crippen molar-refractivity contribution in [3.8, 4) is 0 Å². The van der Waals surface area contributed by atoms with Crippen molar-refractivity contribution < 1.29 is 33.4 Å². The van der Waals surface area contributed by atoms with Gasteiger partial charge in [-0.15, -0.1) is 0 Å². The summed E-state index contributed by atoms with van der Waals surface area (Å²) in [6.07, 6.45) is 5.41. The Morgan fingerprint density at radius 3 is 2.34 bits per heavy atom. The lowest BCUT2D eigenvalue weighted by Gasteiger charge is -2.28. The molecule has 41 heavy (non-hydrogen) atoms. The second-order valence-corrected chi connectivity index (χ2v) is 10.9. The monoisotopic (exact) mass is 574 g/mol. The van der Waals surface area contributed by atoms with Gasteiger partial charge in [-0.1, -0.05) is 56.0 Å². The first-order chi connectivity index (χ1) is 19.8. The highest BCUT2D eigenvalue weighted by atomic mass is 16.6. The summed E-state index contributed by atoms with van der Waals surface area (Å²) in [7, 11) is 3.04. The molecule has 1 atom stereocenters. The van der Waals surface area contributed by atoms with Gasteiger partial charge >= 0.3 is 6.09 Å². The molecule has 1 N–H and O–H groups in total. The smallest absolute Gasteiger partial charge is 0.410 e. The predicted octanol–water partition coefficient (Wildman–Crippen LogP) is 2.09. The van der Waals surface area contributed by atoms with Gasteiger partial charge in [-0.25, -0.2) is 4.79 Å². The van der Waals surface area contributed by atoms with E-state index >= 15 is 0 Å². The van der Waals surface area contributed by atoms with E-state index in [9.17, 15) is 19.2 Å². The molecule has 1 heterocycles. The first kappa shape index (κ1) is 32.5. The van der Waals surface area contributed by atoms with Crippen LogP contribution >= 0.6 is 0 Å². The molecule has 3 rings (SSSR count). The summed E-state index contributed by atoms with van der Waals surface area (Å²) in [5, 5.41) is 2.71. The van der Waals surface area contributed by atoms with Crippen molar-refractivity contribution in [2.75, 3.05) is 73.2 Å². The van der Waals surface area contributed by atoms with Crippen molar-refractivity contribution in [1.29, 1.82) is 0 Å². The fourth-order valence-electron chi connectivity index (χ4n) is 5.05. The Balaban J connectivity index is 1.52. The van der Waals surface area contributed by atoms with E-state index in [1.54, 1.807) is 7.05 Å². The van der Waals surface area contributed by atoms with Crippen molar-refractivity contribution in [2.24, 2.45) is 5.92 Å². The SMILES string of the molecule is CN(CC(=O)N[C@@H](COCCN1CCOCC1)C(=O)N(C)CC(=O)C1CCCCCC1)C(=O)OCc1ccccc1. The number of Topliss-reactive ketones (excluding diaryl/α,β-unsaturated/α-hetero) is 1. The van der Waals surface area contributed by atoms with Crippen LogP contribution in [0, 0.1) is 5.92 Å². The molecule has 1 aliphatic carbocycles. The van der Waals surface area contributed by atoms with Crippen LogP contribution in [0.3, 0.4) is 0 Å². The van der Waals surface area contributed by atoms with E-state index in [-0.39, 0.29) is 38.0 Å². The normalized spacial score (nSPS) is 17.2. The number of hydrogen-bond donors (Lipinski definition) is 1. The molecule has 11 heteroatoms. The molecule has 1 aliphatic heterocycles. The van der Waals surface area contributed by atoms with E-state index in [0.717, 1.165) is 62.1 Å². The molecular formula is C30H46N4O7. The van der Waals surface area contributed by atoms with Crippen LogP contribution in [0.15, 0.2) is 30.3 Å². The van der Waals surface area contributed by atoms with E-state index in [0.29, 0.717) is 26.4 Å². The Hall–Kier alpha value is -3.02. The van der Waals surface area contributed by atoms with Crippen molar-refractivity contribution in [3.05, 3.63) is 35.9 Å². The van der Waals surface area contributed by atoms with Crippen LogP contribution in [0.4, 0.5) is 4.79 Å². The van der Waals surface area contributed by atoms with Gasteiger partial charge in [0.05, 0.1) is 33.0 Å². The van der Waals surface area contributed by atoms with Crippen molar-refractivity contribution in [1.82, 2.24) is 20.0 Å². The molecule has 2 aliphatic rings. The maximum Gasteiger partial charge on any atom is 0.410 e. The summed E-state index contributed by atoms with van der Waals surface area (Å²) in [5.74, 6) is -0.896. The average molecular weight is 575 g/mol. The first-order valence-electron chi connectivity index (χ1n) is 14.7. The maximum absolute atomic E-state index is 13.4. The summed E-state index contributed by atoms with van der Waals surface area (Å²) < 4.78 is 16.5. The molecule has 1 aromatic rings. The minimum absolute atomic E-state index is 0.00460. The number of amides is 3. The average Bonchev–Trinajstić information content (AvgIpc) is 3.28. The Labute approximate surface area is 243 Å². The molecule has 228 valence electrons. The Morgan fingerprint density at radius 1 is 0.976 bits per heavy atom. The number of benzene rings is 1. The van der Waals surface area contributed by atoms with Crippen LogP contribution < -0.4 is 5.32 Å². The van der Waals surface area contributed by atoms with E-state index < -0.39 is 23.9 Å². The van der Waals surface area contributed by atoms with Gasteiger partial charge in [-0.3, -0.25) is 19.3 Å².